The third kappa shape index (κ3) is 6.28. The smallest absolute Gasteiger partial charge is 0.224 e. The lowest BCUT2D eigenvalue weighted by Crippen LogP contribution is -2.16. The van der Waals surface area contributed by atoms with Crippen LogP contribution in [0.3, 0.4) is 0 Å². The number of carbonyl (C=O) groups is 1. The van der Waals surface area contributed by atoms with Crippen LogP contribution in [-0.2, 0) is 4.79 Å². The molecular weight excluding hydrogens is 330 g/mol. The average molecular weight is 352 g/mol. The van der Waals surface area contributed by atoms with Crippen LogP contribution in [0.1, 0.15) is 44.6 Å². The largest absolute Gasteiger partial charge is 0.330 e. The Labute approximate surface area is 134 Å². The van der Waals surface area contributed by atoms with E-state index in [0.29, 0.717) is 30.1 Å². The summed E-state index contributed by atoms with van der Waals surface area (Å²) in [4.78, 5) is 12.0. The molecule has 0 fully saturated rings. The zero-order valence-corrected chi connectivity index (χ0v) is 13.9. The number of hydrogen-bond donors (Lipinski definition) is 2. The Balaban J connectivity index is 2.56. The maximum absolute atomic E-state index is 12.0. The molecule has 114 valence electrons. The van der Waals surface area contributed by atoms with Gasteiger partial charge in [-0.05, 0) is 43.5 Å². The van der Waals surface area contributed by atoms with Crippen molar-refractivity contribution in [2.24, 2.45) is 11.7 Å². The number of anilines is 1. The molecule has 0 aliphatic heterocycles. The lowest BCUT2D eigenvalue weighted by atomic mass is 9.94. The molecule has 1 aromatic carbocycles. The molecular formula is C16H22BrN3O. The molecule has 0 aromatic heterocycles. The fraction of sp³-hybridized carbons (Fsp3) is 0.500. The van der Waals surface area contributed by atoms with Gasteiger partial charge < -0.3 is 11.1 Å². The van der Waals surface area contributed by atoms with E-state index in [-0.39, 0.29) is 5.91 Å². The van der Waals surface area contributed by atoms with E-state index in [0.717, 1.165) is 30.2 Å². The zero-order valence-electron chi connectivity index (χ0n) is 12.4. The summed E-state index contributed by atoms with van der Waals surface area (Å²) in [6.45, 7) is 2.81. The second-order valence-corrected chi connectivity index (χ2v) is 6.04. The van der Waals surface area contributed by atoms with E-state index in [1.54, 1.807) is 12.1 Å². The summed E-state index contributed by atoms with van der Waals surface area (Å²) < 4.78 is 0.822. The molecule has 5 heteroatoms. The van der Waals surface area contributed by atoms with Crippen molar-refractivity contribution >= 4 is 27.5 Å². The minimum atomic E-state index is -0.0491. The van der Waals surface area contributed by atoms with Crippen molar-refractivity contribution in [3.63, 3.8) is 0 Å². The molecule has 0 spiro atoms. The second kappa shape index (κ2) is 9.54. The Kier molecular flexibility index (Phi) is 8.03. The highest BCUT2D eigenvalue weighted by molar-refractivity contribution is 9.10. The number of halogens is 1. The summed E-state index contributed by atoms with van der Waals surface area (Å²) in [5.74, 6) is 0.457. The van der Waals surface area contributed by atoms with Gasteiger partial charge in [0.15, 0.2) is 0 Å². The van der Waals surface area contributed by atoms with Crippen molar-refractivity contribution in [3.8, 4) is 6.07 Å². The highest BCUT2D eigenvalue weighted by Crippen LogP contribution is 2.21. The monoisotopic (exact) mass is 351 g/mol. The van der Waals surface area contributed by atoms with Crippen LogP contribution in [0.2, 0.25) is 0 Å². The number of amides is 1. The molecule has 1 amide bonds. The SMILES string of the molecule is CCCC(CCN)CCC(=O)Nc1ccc(Br)cc1C#N. The van der Waals surface area contributed by atoms with Crippen LogP contribution in [0.5, 0.6) is 0 Å². The van der Waals surface area contributed by atoms with Gasteiger partial charge in [0.25, 0.3) is 0 Å². The number of nitriles is 1. The Hall–Kier alpha value is -1.38. The van der Waals surface area contributed by atoms with Crippen molar-refractivity contribution in [2.75, 3.05) is 11.9 Å². The van der Waals surface area contributed by atoms with E-state index < -0.39 is 0 Å². The normalized spacial score (nSPS) is 11.7. The lowest BCUT2D eigenvalue weighted by molar-refractivity contribution is -0.116. The quantitative estimate of drug-likeness (QED) is 0.747. The third-order valence-electron chi connectivity index (χ3n) is 3.43. The molecule has 0 aliphatic carbocycles. The lowest BCUT2D eigenvalue weighted by Gasteiger charge is -2.15. The Morgan fingerprint density at radius 2 is 2.19 bits per heavy atom. The molecule has 0 aliphatic rings. The summed E-state index contributed by atoms with van der Waals surface area (Å²) >= 11 is 3.31. The molecule has 0 saturated carbocycles. The molecule has 3 N–H and O–H groups in total. The summed E-state index contributed by atoms with van der Waals surface area (Å²) in [5.41, 5.74) is 6.63. The van der Waals surface area contributed by atoms with Gasteiger partial charge in [-0.1, -0.05) is 35.7 Å². The van der Waals surface area contributed by atoms with Crippen molar-refractivity contribution in [3.05, 3.63) is 28.2 Å². The van der Waals surface area contributed by atoms with Crippen LogP contribution in [0, 0.1) is 17.2 Å². The van der Waals surface area contributed by atoms with Crippen LogP contribution in [-0.4, -0.2) is 12.5 Å². The van der Waals surface area contributed by atoms with Gasteiger partial charge in [0, 0.05) is 10.9 Å². The van der Waals surface area contributed by atoms with Crippen LogP contribution >= 0.6 is 15.9 Å². The first kappa shape index (κ1) is 17.7. The number of nitrogens with one attached hydrogen (secondary N) is 1. The Morgan fingerprint density at radius 1 is 1.43 bits per heavy atom. The molecule has 0 bridgehead atoms. The summed E-state index contributed by atoms with van der Waals surface area (Å²) in [6, 6.07) is 7.33. The van der Waals surface area contributed by atoms with Crippen LogP contribution in [0.15, 0.2) is 22.7 Å². The van der Waals surface area contributed by atoms with E-state index in [1.165, 1.54) is 0 Å². The first-order valence-corrected chi connectivity index (χ1v) is 8.09. The van der Waals surface area contributed by atoms with Gasteiger partial charge in [0.05, 0.1) is 11.3 Å². The standard InChI is InChI=1S/C16H22BrN3O/c1-2-3-12(8-9-18)4-7-16(21)20-15-6-5-14(17)10-13(15)11-19/h5-6,10,12H,2-4,7-9,18H2,1H3,(H,20,21). The van der Waals surface area contributed by atoms with E-state index in [1.807, 2.05) is 6.07 Å². The summed E-state index contributed by atoms with van der Waals surface area (Å²) in [5, 5.41) is 11.9. The Morgan fingerprint density at radius 3 is 2.81 bits per heavy atom. The number of benzene rings is 1. The topological polar surface area (TPSA) is 78.9 Å². The number of rotatable bonds is 8. The van der Waals surface area contributed by atoms with E-state index in [4.69, 9.17) is 11.0 Å². The van der Waals surface area contributed by atoms with E-state index in [2.05, 4.69) is 34.2 Å². The van der Waals surface area contributed by atoms with Crippen molar-refractivity contribution in [1.82, 2.24) is 0 Å². The first-order valence-electron chi connectivity index (χ1n) is 7.30. The van der Waals surface area contributed by atoms with Gasteiger partial charge in [-0.3, -0.25) is 4.79 Å². The maximum atomic E-state index is 12.0. The summed E-state index contributed by atoms with van der Waals surface area (Å²) in [6.07, 6.45) is 4.48. The number of nitrogens with two attached hydrogens (primary N) is 1. The van der Waals surface area contributed by atoms with Gasteiger partial charge in [-0.2, -0.15) is 5.26 Å². The molecule has 21 heavy (non-hydrogen) atoms. The van der Waals surface area contributed by atoms with Crippen molar-refractivity contribution < 1.29 is 4.79 Å². The molecule has 1 atom stereocenters. The van der Waals surface area contributed by atoms with E-state index in [9.17, 15) is 4.79 Å². The second-order valence-electron chi connectivity index (χ2n) is 5.12. The van der Waals surface area contributed by atoms with Crippen LogP contribution < -0.4 is 11.1 Å². The fourth-order valence-corrected chi connectivity index (χ4v) is 2.70. The van der Waals surface area contributed by atoms with Crippen LogP contribution in [0.4, 0.5) is 5.69 Å². The molecule has 1 aromatic rings. The minimum Gasteiger partial charge on any atom is -0.330 e. The number of hydrogen-bond acceptors (Lipinski definition) is 3. The van der Waals surface area contributed by atoms with Crippen LogP contribution in [0.25, 0.3) is 0 Å². The van der Waals surface area contributed by atoms with Gasteiger partial charge in [0.1, 0.15) is 6.07 Å². The maximum Gasteiger partial charge on any atom is 0.224 e. The summed E-state index contributed by atoms with van der Waals surface area (Å²) in [7, 11) is 0. The Bertz CT molecular complexity index is 505. The average Bonchev–Trinajstić information content (AvgIpc) is 2.47. The highest BCUT2D eigenvalue weighted by Gasteiger charge is 2.12. The van der Waals surface area contributed by atoms with Crippen molar-refractivity contribution in [2.45, 2.75) is 39.0 Å². The third-order valence-corrected chi connectivity index (χ3v) is 3.92. The van der Waals surface area contributed by atoms with Gasteiger partial charge in [-0.25, -0.2) is 0 Å². The molecule has 1 unspecified atom stereocenters. The molecule has 0 saturated heterocycles. The first-order chi connectivity index (χ1) is 10.1. The zero-order chi connectivity index (χ0) is 15.7. The van der Waals surface area contributed by atoms with Gasteiger partial charge >= 0.3 is 0 Å². The number of nitrogens with zero attached hydrogens (tertiary/aromatic N) is 1. The predicted octanol–water partition coefficient (Wildman–Crippen LogP) is 3.80. The van der Waals surface area contributed by atoms with Gasteiger partial charge in [0.2, 0.25) is 5.91 Å². The molecule has 0 radical (unpaired) electrons. The van der Waals surface area contributed by atoms with Crippen molar-refractivity contribution in [1.29, 1.82) is 5.26 Å². The molecule has 0 heterocycles. The predicted molar refractivity (Wildman–Crippen MR) is 88.8 cm³/mol. The molecule has 1 rings (SSSR count). The fourth-order valence-electron chi connectivity index (χ4n) is 2.34. The van der Waals surface area contributed by atoms with E-state index >= 15 is 0 Å². The molecule has 4 nitrogen and oxygen atoms in total. The van der Waals surface area contributed by atoms with Gasteiger partial charge in [-0.15, -0.1) is 0 Å². The highest BCUT2D eigenvalue weighted by atomic mass is 79.9. The minimum absolute atomic E-state index is 0.0491. The number of carbonyl (C=O) groups excluding carboxylic acids is 1.